The minimum atomic E-state index is -0.617. The van der Waals surface area contributed by atoms with Crippen LogP contribution in [0.2, 0.25) is 0 Å². The number of nitrogens with zero attached hydrogens (tertiary/aromatic N) is 4. The number of unbranched alkanes of at least 4 members (excludes halogenated alkanes) is 4. The van der Waals surface area contributed by atoms with Crippen molar-refractivity contribution in [3.8, 4) is 46.0 Å². The molecule has 0 aromatic heterocycles. The fraction of sp³-hybridized carbons (Fsp3) is 0.356. The van der Waals surface area contributed by atoms with E-state index in [0.717, 1.165) is 51.4 Å². The average molecular weight is 1700 g/mol. The predicted octanol–water partition coefficient (Wildman–Crippen LogP) is 16.7. The van der Waals surface area contributed by atoms with Gasteiger partial charge in [0.05, 0.1) is 93.3 Å². The Morgan fingerprint density at radius 2 is 0.553 bits per heavy atom. The number of nitrogens with one attached hydrogen (secondary N) is 4. The Hall–Kier alpha value is -14.5. The van der Waals surface area contributed by atoms with Gasteiger partial charge in [-0.2, -0.15) is 0 Å². The highest BCUT2D eigenvalue weighted by Gasteiger charge is 2.27. The molecule has 0 spiro atoms. The van der Waals surface area contributed by atoms with E-state index >= 15 is 0 Å². The molecule has 0 aliphatic carbocycles. The van der Waals surface area contributed by atoms with Crippen molar-refractivity contribution in [1.82, 2.24) is 0 Å². The second-order valence-corrected chi connectivity index (χ2v) is 28.5. The number of anilines is 4. The van der Waals surface area contributed by atoms with Crippen molar-refractivity contribution < 1.29 is 95.9 Å². The topological polar surface area (TPSA) is 535 Å². The van der Waals surface area contributed by atoms with Crippen molar-refractivity contribution in [3.63, 3.8) is 0 Å². The number of hydrogen-bond acceptors (Lipinski definition) is 24. The van der Waals surface area contributed by atoms with Crippen molar-refractivity contribution in [3.05, 3.63) is 231 Å². The largest absolute Gasteiger partial charge is 0.491 e. The van der Waals surface area contributed by atoms with E-state index in [9.17, 15) is 78.8 Å². The number of benzene rings is 8. The number of nitro groups is 4. The van der Waals surface area contributed by atoms with E-state index < -0.39 is 67.0 Å². The summed E-state index contributed by atoms with van der Waals surface area (Å²) < 4.78 is 45.1. The quantitative estimate of drug-likeness (QED) is 0.0100. The number of carbonyl (C=O) groups is 8. The van der Waals surface area contributed by atoms with Gasteiger partial charge in [-0.3, -0.25) is 78.8 Å². The van der Waals surface area contributed by atoms with Crippen LogP contribution in [0.5, 0.6) is 46.0 Å². The number of amides is 8. The van der Waals surface area contributed by atoms with Gasteiger partial charge in [0.2, 0.25) is 23.6 Å². The minimum absolute atomic E-state index is 0.00278. The van der Waals surface area contributed by atoms with Crippen molar-refractivity contribution in [2.75, 3.05) is 47.7 Å². The Kier molecular flexibility index (Phi) is 39.6. The third-order valence-corrected chi connectivity index (χ3v) is 17.4. The maximum absolute atomic E-state index is 12.9. The molecule has 0 heterocycles. The number of rotatable bonds is 42. The van der Waals surface area contributed by atoms with Gasteiger partial charge in [-0.15, -0.1) is 0 Å². The summed E-state index contributed by atoms with van der Waals surface area (Å²) in [6.45, 7) is 25.9. The third-order valence-electron chi connectivity index (χ3n) is 17.4. The van der Waals surface area contributed by atoms with Crippen molar-refractivity contribution in [1.29, 1.82) is 0 Å². The molecular weight excluding hydrogens is 1600 g/mol. The maximum atomic E-state index is 12.9. The minimum Gasteiger partial charge on any atom is -0.491 e. The highest BCUT2D eigenvalue weighted by Crippen LogP contribution is 2.37. The summed E-state index contributed by atoms with van der Waals surface area (Å²) in [5.41, 5.74) is 23.6. The zero-order valence-corrected chi connectivity index (χ0v) is 70.8. The van der Waals surface area contributed by atoms with Crippen molar-refractivity contribution >= 4 is 92.8 Å². The second-order valence-electron chi connectivity index (χ2n) is 28.5. The molecule has 8 amide bonds. The Labute approximate surface area is 710 Å². The molecule has 0 bridgehead atoms. The lowest BCUT2D eigenvalue weighted by Gasteiger charge is -2.17. The molecule has 0 radical (unpaired) electrons. The number of nitrogens with two attached hydrogens (primary N) is 4. The van der Waals surface area contributed by atoms with Gasteiger partial charge < -0.3 is 82.1 Å². The molecule has 123 heavy (non-hydrogen) atoms. The van der Waals surface area contributed by atoms with Crippen LogP contribution in [-0.2, 0) is 0 Å². The smallest absolute Gasteiger partial charge is 0.310 e. The van der Waals surface area contributed by atoms with E-state index in [-0.39, 0.29) is 121 Å². The molecule has 36 nitrogen and oxygen atoms in total. The van der Waals surface area contributed by atoms with E-state index in [1.165, 1.54) is 146 Å². The Morgan fingerprint density at radius 3 is 0.837 bits per heavy atom. The molecule has 8 aromatic rings. The number of nitro benzene ring substituents is 4. The molecule has 2 unspecified atom stereocenters. The molecule has 8 rings (SSSR count). The first-order valence-electron chi connectivity index (χ1n) is 39.7. The Bertz CT molecular complexity index is 5070. The van der Waals surface area contributed by atoms with Crippen LogP contribution in [0, 0.1) is 46.4 Å². The van der Waals surface area contributed by atoms with Crippen LogP contribution in [0.3, 0.4) is 0 Å². The van der Waals surface area contributed by atoms with E-state index in [2.05, 4.69) is 21.3 Å². The fourth-order valence-electron chi connectivity index (χ4n) is 10.5. The maximum Gasteiger partial charge on any atom is 0.310 e. The lowest BCUT2D eigenvalue weighted by Crippen LogP contribution is -2.17. The van der Waals surface area contributed by atoms with E-state index in [4.69, 9.17) is 60.8 Å². The van der Waals surface area contributed by atoms with Crippen LogP contribution in [0.15, 0.2) is 146 Å². The van der Waals surface area contributed by atoms with Gasteiger partial charge in [0.1, 0.15) is 23.0 Å². The number of ether oxygens (including phenoxy) is 8. The Balaban J connectivity index is 0.000000291. The third kappa shape index (κ3) is 31.6. The molecule has 0 saturated heterocycles. The van der Waals surface area contributed by atoms with Crippen LogP contribution in [0.1, 0.15) is 231 Å². The number of primary amides is 4. The first-order valence-corrected chi connectivity index (χ1v) is 39.7. The number of hydrogen-bond donors (Lipinski definition) is 8. The van der Waals surface area contributed by atoms with Crippen molar-refractivity contribution in [2.24, 2.45) is 28.9 Å². The van der Waals surface area contributed by atoms with Crippen LogP contribution < -0.4 is 82.1 Å². The van der Waals surface area contributed by atoms with Gasteiger partial charge in [0, 0.05) is 93.0 Å². The molecular formula is C87H106N12O24. The van der Waals surface area contributed by atoms with Crippen LogP contribution in [0.25, 0.3) is 0 Å². The monoisotopic (exact) mass is 1700 g/mol. The molecule has 8 aromatic carbocycles. The molecule has 658 valence electrons. The Morgan fingerprint density at radius 1 is 0.309 bits per heavy atom. The zero-order valence-electron chi connectivity index (χ0n) is 70.8. The predicted molar refractivity (Wildman–Crippen MR) is 462 cm³/mol. The SMILES string of the molecule is CC(C)COc1cc(C(N)=O)ccc1NC(=O)c1ccc([N+](=O)[O-])c(OC(C)C)c1.CCCCCOc1cc(C(=O)Nc2ccc(C(N)=O)cc2OC(C)CC)ccc1[N+](=O)[O-].CCCCOc1cc(C(N)=O)ccc1NC(=O)c1ccc([N+](=O)[O-])c(OC(C)C)c1.CCCCOc1cc(C(N)=O)ccc1NC(=O)c1ccc([N+](=O)[O-])c(OC(C)CC)c1. The molecule has 0 fully saturated rings. The second kappa shape index (κ2) is 49.2. The molecule has 0 saturated carbocycles. The van der Waals surface area contributed by atoms with Gasteiger partial charge in [0.25, 0.3) is 23.6 Å². The summed E-state index contributed by atoms with van der Waals surface area (Å²) in [4.78, 5) is 140. The summed E-state index contributed by atoms with van der Waals surface area (Å²) in [7, 11) is 0. The molecule has 12 N–H and O–H groups in total. The molecule has 2 atom stereocenters. The van der Waals surface area contributed by atoms with Crippen LogP contribution >= 0.6 is 0 Å². The van der Waals surface area contributed by atoms with E-state index in [0.29, 0.717) is 78.6 Å². The highest BCUT2D eigenvalue weighted by atomic mass is 16.6. The highest BCUT2D eigenvalue weighted by molar-refractivity contribution is 6.09. The van der Waals surface area contributed by atoms with Gasteiger partial charge in [0.15, 0.2) is 23.0 Å². The van der Waals surface area contributed by atoms with E-state index in [1.54, 1.807) is 34.6 Å². The summed E-state index contributed by atoms with van der Waals surface area (Å²) in [5.74, 6) is -2.95. The van der Waals surface area contributed by atoms with Gasteiger partial charge >= 0.3 is 22.7 Å². The van der Waals surface area contributed by atoms with Crippen LogP contribution in [-0.4, -0.2) is 118 Å². The van der Waals surface area contributed by atoms with Gasteiger partial charge in [-0.05, 0) is 177 Å². The standard InChI is InChI=1S/C23H29N3O6.C22H27N3O6.2C21H25N3O6/c1-4-6-7-12-31-21-14-17(9-11-19(21)26(29)30)23(28)25-18-10-8-16(22(24)27)13-20(18)32-15(3)5-2;1-4-6-11-30-19-12-15(21(23)26)7-9-17(19)24-22(27)16-8-10-18(25(28)29)20(13-16)31-14(3)5-2;1-12(2)11-29-18-9-14(20(22)25)5-7-16(18)23-21(26)15-6-8-17(24(27)28)19(10-15)30-13(3)4;1-4-5-10-29-18-11-14(20(22)25)6-8-16(18)23-21(26)15-7-9-17(24(27)28)19(12-15)30-13(2)3/h8-11,13-15H,4-7,12H2,1-3H3,(H2,24,27)(H,25,28);7-10,12-14H,4-6,11H2,1-3H3,(H2,23,26)(H,24,27);5-10,12-13H,11H2,1-4H3,(H2,22,25)(H,23,26);6-9,11-13H,4-5,10H2,1-3H3,(H2,22,25)(H,23,26). The summed E-state index contributed by atoms with van der Waals surface area (Å²) in [6, 6.07) is 33.6. The van der Waals surface area contributed by atoms with Gasteiger partial charge in [-0.25, -0.2) is 0 Å². The lowest BCUT2D eigenvalue weighted by molar-refractivity contribution is -0.386. The lowest BCUT2D eigenvalue weighted by atomic mass is 10.1. The first kappa shape index (κ1) is 99.1. The normalized spacial score (nSPS) is 11.1. The molecule has 0 aliphatic rings. The summed E-state index contributed by atoms with van der Waals surface area (Å²) in [5, 5.41) is 55.9. The van der Waals surface area contributed by atoms with Crippen LogP contribution in [0.4, 0.5) is 45.5 Å². The van der Waals surface area contributed by atoms with E-state index in [1.807, 2.05) is 55.4 Å². The van der Waals surface area contributed by atoms with Crippen molar-refractivity contribution in [2.45, 2.75) is 172 Å². The van der Waals surface area contributed by atoms with Gasteiger partial charge in [-0.1, -0.05) is 74.1 Å². The summed E-state index contributed by atoms with van der Waals surface area (Å²) >= 11 is 0. The summed E-state index contributed by atoms with van der Waals surface area (Å²) in [6.07, 6.45) is 6.46. The first-order chi connectivity index (χ1) is 58.3. The molecule has 36 heteroatoms. The zero-order chi connectivity index (χ0) is 91.3. The average Bonchev–Trinajstić information content (AvgIpc) is 0.828. The number of carbonyl (C=O) groups excluding carboxylic acids is 8. The fourth-order valence-corrected chi connectivity index (χ4v) is 10.5. The molecule has 0 aliphatic heterocycles.